The number of hydrogen-bond acceptors (Lipinski definition) is 2. The summed E-state index contributed by atoms with van der Waals surface area (Å²) in [5, 5.41) is 6.74. The number of nitrogens with zero attached hydrogens (tertiary/aromatic N) is 2. The molecule has 1 aromatic rings. The molecule has 0 aromatic heterocycles. The van der Waals surface area contributed by atoms with Gasteiger partial charge in [-0.3, -0.25) is 4.99 Å². The van der Waals surface area contributed by atoms with E-state index in [1.54, 1.807) is 12.1 Å². The topological polar surface area (TPSA) is 39.7 Å². The summed E-state index contributed by atoms with van der Waals surface area (Å²) in [6.07, 6.45) is 5.85. The quantitative estimate of drug-likeness (QED) is 0.432. The Bertz CT molecular complexity index is 577. The largest absolute Gasteiger partial charge is 0.357 e. The fraction of sp³-hybridized carbons (Fsp3) is 0.650. The summed E-state index contributed by atoms with van der Waals surface area (Å²) >= 11 is 0. The minimum Gasteiger partial charge on any atom is -0.357 e. The maximum atomic E-state index is 14.1. The van der Waals surface area contributed by atoms with Crippen molar-refractivity contribution >= 4 is 5.96 Å². The Balaban J connectivity index is 1.50. The Morgan fingerprint density at radius 2 is 1.96 bits per heavy atom. The molecule has 3 rings (SSSR count). The first-order chi connectivity index (χ1) is 12.2. The van der Waals surface area contributed by atoms with Crippen molar-refractivity contribution in [3.63, 3.8) is 0 Å². The van der Waals surface area contributed by atoms with Crippen LogP contribution in [-0.4, -0.2) is 50.1 Å². The van der Waals surface area contributed by atoms with Crippen molar-refractivity contribution in [1.82, 2.24) is 15.5 Å². The van der Waals surface area contributed by atoms with E-state index in [-0.39, 0.29) is 11.2 Å². The smallest absolute Gasteiger partial charge is 0.191 e. The zero-order chi connectivity index (χ0) is 17.5. The molecule has 1 heterocycles. The van der Waals surface area contributed by atoms with Crippen LogP contribution in [0.1, 0.15) is 44.6 Å². The number of likely N-dealkylation sites (tertiary alicyclic amines) is 1. The van der Waals surface area contributed by atoms with Crippen LogP contribution < -0.4 is 10.6 Å². The molecule has 2 fully saturated rings. The third kappa shape index (κ3) is 4.94. The van der Waals surface area contributed by atoms with Crippen molar-refractivity contribution in [2.24, 2.45) is 4.99 Å². The molecule has 1 aliphatic heterocycles. The Morgan fingerprint density at radius 3 is 2.64 bits per heavy atom. The molecular formula is C20H31FN4. The Labute approximate surface area is 150 Å². The first-order valence-corrected chi connectivity index (χ1v) is 9.73. The average molecular weight is 346 g/mol. The van der Waals surface area contributed by atoms with Gasteiger partial charge >= 0.3 is 0 Å². The van der Waals surface area contributed by atoms with Crippen LogP contribution in [0.5, 0.6) is 0 Å². The molecule has 0 unspecified atom stereocenters. The van der Waals surface area contributed by atoms with E-state index in [2.05, 4.69) is 22.5 Å². The second-order valence-corrected chi connectivity index (χ2v) is 7.28. The van der Waals surface area contributed by atoms with Gasteiger partial charge in [0.25, 0.3) is 0 Å². The van der Waals surface area contributed by atoms with Crippen LogP contribution in [0.2, 0.25) is 0 Å². The first-order valence-electron chi connectivity index (χ1n) is 9.73. The second-order valence-electron chi connectivity index (χ2n) is 7.28. The van der Waals surface area contributed by atoms with Gasteiger partial charge in [0, 0.05) is 18.5 Å². The number of benzene rings is 1. The van der Waals surface area contributed by atoms with Crippen molar-refractivity contribution in [2.75, 3.05) is 39.3 Å². The van der Waals surface area contributed by atoms with Gasteiger partial charge in [0.1, 0.15) is 5.82 Å². The Kier molecular flexibility index (Phi) is 6.29. The molecule has 5 heteroatoms. The van der Waals surface area contributed by atoms with Crippen LogP contribution >= 0.6 is 0 Å². The number of nitrogens with one attached hydrogen (secondary N) is 2. The van der Waals surface area contributed by atoms with Crippen molar-refractivity contribution in [3.8, 4) is 0 Å². The molecule has 0 amide bonds. The van der Waals surface area contributed by atoms with Crippen molar-refractivity contribution in [3.05, 3.63) is 35.6 Å². The number of hydrogen-bond donors (Lipinski definition) is 2. The summed E-state index contributed by atoms with van der Waals surface area (Å²) in [5.41, 5.74) is 0.729. The minimum absolute atomic E-state index is 0.0940. The third-order valence-corrected chi connectivity index (χ3v) is 5.33. The van der Waals surface area contributed by atoms with Gasteiger partial charge < -0.3 is 15.5 Å². The van der Waals surface area contributed by atoms with Gasteiger partial charge in [-0.25, -0.2) is 4.39 Å². The lowest BCUT2D eigenvalue weighted by Crippen LogP contribution is -2.39. The van der Waals surface area contributed by atoms with Crippen LogP contribution in [0, 0.1) is 5.82 Å². The Morgan fingerprint density at radius 1 is 1.20 bits per heavy atom. The van der Waals surface area contributed by atoms with E-state index < -0.39 is 0 Å². The van der Waals surface area contributed by atoms with Crippen LogP contribution in [0.3, 0.4) is 0 Å². The lowest BCUT2D eigenvalue weighted by Gasteiger charge is -2.17. The number of aliphatic imine (C=N–C) groups is 1. The summed E-state index contributed by atoms with van der Waals surface area (Å²) in [7, 11) is 0. The lowest BCUT2D eigenvalue weighted by atomic mass is 9.95. The molecule has 138 valence electrons. The molecular weight excluding hydrogens is 315 g/mol. The van der Waals surface area contributed by atoms with Gasteiger partial charge in [0.2, 0.25) is 0 Å². The van der Waals surface area contributed by atoms with Crippen LogP contribution in [-0.2, 0) is 5.41 Å². The average Bonchev–Trinajstić information content (AvgIpc) is 3.22. The van der Waals surface area contributed by atoms with Crippen LogP contribution in [0.4, 0.5) is 4.39 Å². The molecule has 0 atom stereocenters. The van der Waals surface area contributed by atoms with Crippen molar-refractivity contribution in [1.29, 1.82) is 0 Å². The Hall–Kier alpha value is -1.62. The maximum Gasteiger partial charge on any atom is 0.191 e. The highest BCUT2D eigenvalue weighted by molar-refractivity contribution is 5.79. The standard InChI is InChI=1S/C20H31FN4/c1-2-22-19(23-12-7-15-25-13-5-6-14-25)24-16-20(10-11-20)17-8-3-4-9-18(17)21/h3-4,8-9H,2,5-7,10-16H2,1H3,(H2,22,23,24). The van der Waals surface area contributed by atoms with Crippen LogP contribution in [0.15, 0.2) is 29.3 Å². The third-order valence-electron chi connectivity index (χ3n) is 5.33. The van der Waals surface area contributed by atoms with Crippen molar-refractivity contribution in [2.45, 2.75) is 44.4 Å². The monoisotopic (exact) mass is 346 g/mol. The maximum absolute atomic E-state index is 14.1. The SMILES string of the molecule is CCNC(=NCC1(c2ccccc2F)CC1)NCCCN1CCCC1. The summed E-state index contributed by atoms with van der Waals surface area (Å²) < 4.78 is 14.1. The van der Waals surface area contributed by atoms with E-state index in [1.807, 2.05) is 12.1 Å². The van der Waals surface area contributed by atoms with E-state index in [0.29, 0.717) is 6.54 Å². The van der Waals surface area contributed by atoms with Crippen LogP contribution in [0.25, 0.3) is 0 Å². The highest BCUT2D eigenvalue weighted by Gasteiger charge is 2.45. The normalized spacial score (nSPS) is 19.8. The predicted molar refractivity (Wildman–Crippen MR) is 102 cm³/mol. The molecule has 1 saturated heterocycles. The van der Waals surface area contributed by atoms with Gasteiger partial charge in [-0.05, 0) is 70.3 Å². The second kappa shape index (κ2) is 8.65. The predicted octanol–water partition coefficient (Wildman–Crippen LogP) is 2.90. The lowest BCUT2D eigenvalue weighted by molar-refractivity contribution is 0.334. The molecule has 1 saturated carbocycles. The zero-order valence-electron chi connectivity index (χ0n) is 15.4. The number of guanidine groups is 1. The highest BCUT2D eigenvalue weighted by atomic mass is 19.1. The van der Waals surface area contributed by atoms with E-state index in [1.165, 1.54) is 25.9 Å². The van der Waals surface area contributed by atoms with E-state index >= 15 is 0 Å². The number of rotatable bonds is 8. The summed E-state index contributed by atoms with van der Waals surface area (Å²) in [6, 6.07) is 7.14. The molecule has 1 aliphatic carbocycles. The molecule has 0 bridgehead atoms. The fourth-order valence-electron chi connectivity index (χ4n) is 3.64. The van der Waals surface area contributed by atoms with Crippen molar-refractivity contribution < 1.29 is 4.39 Å². The molecule has 1 aromatic carbocycles. The summed E-state index contributed by atoms with van der Waals surface area (Å²) in [5.74, 6) is 0.755. The number of halogens is 1. The van der Waals surface area contributed by atoms with E-state index in [9.17, 15) is 4.39 Å². The van der Waals surface area contributed by atoms with Gasteiger partial charge in [-0.15, -0.1) is 0 Å². The van der Waals surface area contributed by atoms with Gasteiger partial charge in [-0.2, -0.15) is 0 Å². The zero-order valence-corrected chi connectivity index (χ0v) is 15.4. The highest BCUT2D eigenvalue weighted by Crippen LogP contribution is 2.49. The van der Waals surface area contributed by atoms with Gasteiger partial charge in [0.15, 0.2) is 5.96 Å². The summed E-state index contributed by atoms with van der Waals surface area (Å²) in [4.78, 5) is 7.28. The van der Waals surface area contributed by atoms with E-state index in [0.717, 1.165) is 50.4 Å². The summed E-state index contributed by atoms with van der Waals surface area (Å²) in [6.45, 7) is 8.14. The molecule has 2 aliphatic rings. The molecule has 0 spiro atoms. The van der Waals surface area contributed by atoms with Gasteiger partial charge in [-0.1, -0.05) is 18.2 Å². The fourth-order valence-corrected chi connectivity index (χ4v) is 3.64. The van der Waals surface area contributed by atoms with E-state index in [4.69, 9.17) is 4.99 Å². The molecule has 25 heavy (non-hydrogen) atoms. The molecule has 0 radical (unpaired) electrons. The first kappa shape index (κ1) is 18.2. The molecule has 2 N–H and O–H groups in total. The molecule has 4 nitrogen and oxygen atoms in total. The minimum atomic E-state index is -0.0984. The van der Waals surface area contributed by atoms with Gasteiger partial charge in [0.05, 0.1) is 6.54 Å².